The van der Waals surface area contributed by atoms with Gasteiger partial charge in [0.2, 0.25) is 49.9 Å². The van der Waals surface area contributed by atoms with Gasteiger partial charge in [-0.2, -0.15) is 0 Å². The third kappa shape index (κ3) is 23.9. The smallest absolute Gasteiger partial charge is 0.238 e. The van der Waals surface area contributed by atoms with Crippen molar-refractivity contribution in [3.8, 4) is 0 Å². The van der Waals surface area contributed by atoms with Gasteiger partial charge in [-0.1, -0.05) is 125 Å². The molecule has 42 heteroatoms. The molecule has 12 N–H and O–H groups in total. The van der Waals surface area contributed by atoms with Crippen LogP contribution < -0.4 is 0 Å². The summed E-state index contributed by atoms with van der Waals surface area (Å²) in [6.45, 7) is 54.3. The van der Waals surface area contributed by atoms with Crippen LogP contribution in [0, 0.1) is 0 Å². The molecule has 36 nitrogen and oxygen atoms in total. The molecule has 0 aromatic heterocycles. The van der Waals surface area contributed by atoms with Gasteiger partial charge < -0.3 is 118 Å². The lowest BCUT2D eigenvalue weighted by Crippen LogP contribution is -2.69. The van der Waals surface area contributed by atoms with Crippen molar-refractivity contribution in [3.05, 3.63) is 0 Å². The van der Waals surface area contributed by atoms with E-state index in [0.717, 1.165) is 0 Å². The largest absolute Gasteiger partial charge is 0.387 e. The highest BCUT2D eigenvalue weighted by atomic mass is 28.4. The van der Waals surface area contributed by atoms with Crippen LogP contribution in [0.15, 0.2) is 0 Å². The standard InChI is InChI=1S/C72H144O36Si6/c1-67(2,3)109(19,20)103-85-31-37-55-43(73)49(79)61(91-37)98-56-38(32-86-104-110(21,22)68(4,5)6)93-63(51(81)45(56)75)100-58-40(34-88-106-112(25,26)70(10,11)12)95-65(53(83)47(58)77)102-60-42(36-90-108-114(29,30)72(16,17)18)96-66(54(84)48(60)78)101-59-41(35-89-107-113(27,28)71(13,14)15)94-64(52(82)46(59)76)99-57-39(92-62(97-55)50(80)44(57)74)33-87-105-111(23,24)69(7,8)9/h37-66,73-84H,31-36H2,1-30H3. The van der Waals surface area contributed by atoms with Crippen LogP contribution in [0.2, 0.25) is 109 Å². The summed E-state index contributed by atoms with van der Waals surface area (Å²) in [4.78, 5) is 35.8. The van der Waals surface area contributed by atoms with Crippen molar-refractivity contribution in [2.75, 3.05) is 39.6 Å². The molecular weight excluding hydrogens is 1610 g/mol. The van der Waals surface area contributed by atoms with E-state index in [9.17, 15) is 61.3 Å². The highest BCUT2D eigenvalue weighted by molar-refractivity contribution is 6.75. The number of hydrogen-bond acceptors (Lipinski definition) is 36. The van der Waals surface area contributed by atoms with Crippen molar-refractivity contribution in [2.45, 2.75) is 418 Å². The first-order valence-electron chi connectivity index (χ1n) is 39.7. The second kappa shape index (κ2) is 38.4. The van der Waals surface area contributed by atoms with Gasteiger partial charge in [-0.25, -0.2) is 29.3 Å². The van der Waals surface area contributed by atoms with Crippen LogP contribution in [0.25, 0.3) is 0 Å². The third-order valence-electron chi connectivity index (χ3n) is 25.4. The average molecular weight is 1750 g/mol. The SMILES string of the molecule is CC(C)(C)[Si](C)(C)OOCC1OC2OC3C(COO[Si](C)(C)C(C)(C)C)OC(OC4C(COO[Si](C)(C)C(C)(C)C)OC(OC5C(COO[Si](C)(C)C(C)(C)C)OC(OC6C(COO[Si](C)(C)C(C)(C)C)OC(OC7C(COO[Si](C)(C)C(C)(C)C)OC(OC1C(O)C2O)C(O)C7O)C(O)C6O)C(O)C5O)C(O)C4O)C(O)C3O. The van der Waals surface area contributed by atoms with Gasteiger partial charge in [0.05, 0.1) is 0 Å². The number of aliphatic hydroxyl groups is 12. The topological polar surface area (TPSA) is 464 Å². The summed E-state index contributed by atoms with van der Waals surface area (Å²) < 4.78 is 115. The Hall–Kier alpha value is -0.139. The first-order chi connectivity index (χ1) is 51.8. The molecule has 0 radical (unpaired) electrons. The molecule has 22 fully saturated rings. The van der Waals surface area contributed by atoms with Crippen molar-refractivity contribution >= 4 is 49.9 Å². The molecule has 0 spiro atoms. The molecule has 114 heavy (non-hydrogen) atoms. The normalized spacial score (nSPS) is 39.0. The van der Waals surface area contributed by atoms with Gasteiger partial charge in [0.15, 0.2) is 37.7 Å². The predicted octanol–water partition coefficient (Wildman–Crippen LogP) is 4.71. The van der Waals surface area contributed by atoms with Crippen LogP contribution in [0.4, 0.5) is 0 Å². The summed E-state index contributed by atoms with van der Waals surface area (Å²) in [6.07, 6.45) is -58.4. The zero-order valence-corrected chi connectivity index (χ0v) is 78.7. The quantitative estimate of drug-likeness (QED) is 0.0353. The van der Waals surface area contributed by atoms with Crippen LogP contribution >= 0.6 is 0 Å². The molecular formula is C72H144O36Si6. The Morgan fingerprint density at radius 1 is 0.184 bits per heavy atom. The fraction of sp³-hybridized carbons (Fsp3) is 1.00. The summed E-state index contributed by atoms with van der Waals surface area (Å²) >= 11 is 0. The average Bonchev–Trinajstić information content (AvgIpc) is 0.767. The molecule has 30 atom stereocenters. The van der Waals surface area contributed by atoms with Crippen molar-refractivity contribution in [3.63, 3.8) is 0 Å². The van der Waals surface area contributed by atoms with E-state index in [1.165, 1.54) is 0 Å². The lowest BCUT2D eigenvalue weighted by molar-refractivity contribution is -0.415. The fourth-order valence-electron chi connectivity index (χ4n) is 11.1. The molecule has 0 amide bonds. The van der Waals surface area contributed by atoms with E-state index in [1.807, 2.05) is 203 Å². The molecule has 0 aromatic carbocycles. The first kappa shape index (κ1) is 101. The van der Waals surface area contributed by atoms with E-state index >= 15 is 0 Å². The van der Waals surface area contributed by atoms with Crippen LogP contribution in [0.1, 0.15) is 125 Å². The van der Waals surface area contributed by atoms with E-state index < -0.39 is 304 Å². The van der Waals surface area contributed by atoms with Gasteiger partial charge in [0, 0.05) is 0 Å². The zero-order chi connectivity index (χ0) is 86.5. The minimum atomic E-state index is -2.78. The van der Waals surface area contributed by atoms with Gasteiger partial charge in [-0.05, 0) is 109 Å². The van der Waals surface area contributed by atoms with Gasteiger partial charge in [0.25, 0.3) is 0 Å². The van der Waals surface area contributed by atoms with Crippen molar-refractivity contribution in [1.29, 1.82) is 0 Å². The monoisotopic (exact) mass is 1750 g/mol. The summed E-state index contributed by atoms with van der Waals surface area (Å²) in [5, 5.41) is 147. The van der Waals surface area contributed by atoms with E-state index in [4.69, 9.17) is 114 Å². The Morgan fingerprint density at radius 3 is 0.386 bits per heavy atom. The van der Waals surface area contributed by atoms with E-state index in [-0.39, 0.29) is 0 Å². The number of hydrogen-bond donors (Lipinski definition) is 12. The Morgan fingerprint density at radius 2 is 0.289 bits per heavy atom. The Bertz CT molecular complexity index is 2470. The second-order valence-electron chi connectivity index (χ2n) is 40.5. The van der Waals surface area contributed by atoms with Crippen molar-refractivity contribution < 1.29 is 175 Å². The van der Waals surface area contributed by atoms with Crippen molar-refractivity contribution in [2.24, 2.45) is 0 Å². The number of aliphatic hydroxyl groups excluding tert-OH is 12. The molecule has 22 aliphatic rings. The van der Waals surface area contributed by atoms with Crippen molar-refractivity contribution in [1.82, 2.24) is 0 Å². The molecule has 0 aliphatic carbocycles. The molecule has 22 aliphatic heterocycles. The molecule has 0 aromatic rings. The minimum Gasteiger partial charge on any atom is -0.387 e. The van der Waals surface area contributed by atoms with Gasteiger partial charge in [0.1, 0.15) is 186 Å². The molecule has 0 saturated carbocycles. The van der Waals surface area contributed by atoms with Crippen LogP contribution in [-0.2, 0) is 114 Å². The van der Waals surface area contributed by atoms with E-state index in [0.29, 0.717) is 0 Å². The highest BCUT2D eigenvalue weighted by Crippen LogP contribution is 2.46. The first-order valence-corrected chi connectivity index (χ1v) is 57.1. The lowest BCUT2D eigenvalue weighted by Gasteiger charge is -2.51. The number of ether oxygens (including phenoxy) is 12. The molecule has 22 rings (SSSR count). The second-order valence-corrected chi connectivity index (χ2v) is 68.6. The maximum Gasteiger partial charge on any atom is 0.238 e. The van der Waals surface area contributed by atoms with Gasteiger partial charge in [-0.3, -0.25) is 27.5 Å². The fourth-order valence-corrected chi connectivity index (χ4v) is 14.8. The van der Waals surface area contributed by atoms with Gasteiger partial charge >= 0.3 is 0 Å². The lowest BCUT2D eigenvalue weighted by atomic mass is 9.94. The minimum absolute atomic E-state index is 0.424. The van der Waals surface area contributed by atoms with Gasteiger partial charge in [-0.15, -0.1) is 0 Å². The summed E-state index contributed by atoms with van der Waals surface area (Å²) in [5.41, 5.74) is 0. The molecule has 22 heterocycles. The van der Waals surface area contributed by atoms with Crippen LogP contribution in [0.5, 0.6) is 0 Å². The van der Waals surface area contributed by atoms with E-state index in [1.54, 1.807) is 0 Å². The maximum atomic E-state index is 12.5. The maximum absolute atomic E-state index is 12.5. The zero-order valence-electron chi connectivity index (χ0n) is 72.7. The third-order valence-corrected chi connectivity index (χ3v) is 50.3. The highest BCUT2D eigenvalue weighted by Gasteiger charge is 2.61. The number of rotatable bonds is 24. The summed E-state index contributed by atoms with van der Waals surface area (Å²) in [7, 11) is -16.7. The van der Waals surface area contributed by atoms with Crippen LogP contribution in [0.3, 0.4) is 0 Å². The molecule has 672 valence electrons. The molecule has 30 unspecified atom stereocenters. The summed E-state index contributed by atoms with van der Waals surface area (Å²) in [5.74, 6) is 0. The molecule has 22 saturated heterocycles. The predicted molar refractivity (Wildman–Crippen MR) is 419 cm³/mol. The Kier molecular flexibility index (Phi) is 34.0. The molecule has 12 bridgehead atoms. The Balaban J connectivity index is 1.39. The Labute approximate surface area is 678 Å². The van der Waals surface area contributed by atoms with E-state index in [2.05, 4.69) is 0 Å². The van der Waals surface area contributed by atoms with Crippen LogP contribution in [-0.4, -0.2) is 335 Å². The summed E-state index contributed by atoms with van der Waals surface area (Å²) in [6, 6.07) is 0.